The summed E-state index contributed by atoms with van der Waals surface area (Å²) in [6.45, 7) is 11.8. The van der Waals surface area contributed by atoms with Crippen molar-refractivity contribution in [1.29, 1.82) is 0 Å². The van der Waals surface area contributed by atoms with Crippen LogP contribution in [-0.2, 0) is 6.54 Å². The van der Waals surface area contributed by atoms with E-state index in [4.69, 9.17) is 5.73 Å². The molecule has 0 aliphatic carbocycles. The summed E-state index contributed by atoms with van der Waals surface area (Å²) in [6.07, 6.45) is 4.24. The molecular weight excluding hydrogens is 234 g/mol. The lowest BCUT2D eigenvalue weighted by Crippen LogP contribution is -2.29. The molecule has 3 nitrogen and oxygen atoms in total. The Kier molecular flexibility index (Phi) is 6.85. The van der Waals surface area contributed by atoms with Crippen molar-refractivity contribution >= 4 is 5.69 Å². The number of hydrogen-bond donors (Lipinski definition) is 1. The summed E-state index contributed by atoms with van der Waals surface area (Å²) in [6, 6.07) is 4.15. The summed E-state index contributed by atoms with van der Waals surface area (Å²) in [5.41, 5.74) is 8.03. The smallest absolute Gasteiger partial charge is 0.0772 e. The van der Waals surface area contributed by atoms with Crippen LogP contribution in [0, 0.1) is 11.8 Å². The third-order valence-corrected chi connectivity index (χ3v) is 3.35. The Bertz CT molecular complexity index is 349. The largest absolute Gasteiger partial charge is 0.370 e. The van der Waals surface area contributed by atoms with Crippen molar-refractivity contribution in [3.63, 3.8) is 0 Å². The van der Waals surface area contributed by atoms with E-state index in [1.807, 2.05) is 12.3 Å². The zero-order valence-electron chi connectivity index (χ0n) is 12.9. The molecule has 0 saturated heterocycles. The molecule has 0 spiro atoms. The van der Waals surface area contributed by atoms with Crippen LogP contribution in [-0.4, -0.2) is 18.1 Å². The third kappa shape index (κ3) is 5.60. The second-order valence-corrected chi connectivity index (χ2v) is 6.03. The molecule has 0 saturated carbocycles. The van der Waals surface area contributed by atoms with E-state index in [9.17, 15) is 0 Å². The van der Waals surface area contributed by atoms with E-state index in [1.165, 1.54) is 18.5 Å². The minimum Gasteiger partial charge on any atom is -0.370 e. The quantitative estimate of drug-likeness (QED) is 0.781. The van der Waals surface area contributed by atoms with Gasteiger partial charge >= 0.3 is 0 Å². The number of hydrogen-bond acceptors (Lipinski definition) is 3. The van der Waals surface area contributed by atoms with Crippen molar-refractivity contribution < 1.29 is 0 Å². The Balaban J connectivity index is 2.81. The molecule has 19 heavy (non-hydrogen) atoms. The molecule has 0 fully saturated rings. The van der Waals surface area contributed by atoms with Gasteiger partial charge in [-0.2, -0.15) is 0 Å². The van der Waals surface area contributed by atoms with Crippen LogP contribution in [0.5, 0.6) is 0 Å². The topological polar surface area (TPSA) is 42.2 Å². The van der Waals surface area contributed by atoms with Crippen LogP contribution < -0.4 is 10.6 Å². The van der Waals surface area contributed by atoms with Gasteiger partial charge in [-0.25, -0.2) is 0 Å². The van der Waals surface area contributed by atoms with Gasteiger partial charge in [0.15, 0.2) is 0 Å². The first-order valence-corrected chi connectivity index (χ1v) is 7.43. The first-order chi connectivity index (χ1) is 9.04. The number of nitrogens with two attached hydrogens (primary N) is 1. The predicted octanol–water partition coefficient (Wildman–Crippen LogP) is 3.44. The zero-order chi connectivity index (χ0) is 14.3. The number of pyridine rings is 1. The summed E-state index contributed by atoms with van der Waals surface area (Å²) in [4.78, 5) is 6.86. The molecule has 0 aliphatic heterocycles. The number of rotatable bonds is 8. The van der Waals surface area contributed by atoms with Gasteiger partial charge in [-0.05, 0) is 36.8 Å². The average molecular weight is 263 g/mol. The molecule has 0 unspecified atom stereocenters. The molecule has 2 N–H and O–H groups in total. The minimum absolute atomic E-state index is 0.510. The molecule has 1 aromatic rings. The summed E-state index contributed by atoms with van der Waals surface area (Å²) in [5.74, 6) is 1.44. The monoisotopic (exact) mass is 263 g/mol. The van der Waals surface area contributed by atoms with Crippen molar-refractivity contribution in [3.05, 3.63) is 24.0 Å². The van der Waals surface area contributed by atoms with Crippen molar-refractivity contribution in [2.45, 2.75) is 47.1 Å². The van der Waals surface area contributed by atoms with E-state index in [-0.39, 0.29) is 0 Å². The van der Waals surface area contributed by atoms with Crippen LogP contribution in [0.25, 0.3) is 0 Å². The van der Waals surface area contributed by atoms with Crippen molar-refractivity contribution in [2.75, 3.05) is 18.0 Å². The second kappa shape index (κ2) is 8.16. The molecule has 1 heterocycles. The van der Waals surface area contributed by atoms with Gasteiger partial charge in [0.2, 0.25) is 0 Å². The Morgan fingerprint density at radius 2 is 1.68 bits per heavy atom. The van der Waals surface area contributed by atoms with Gasteiger partial charge in [0.25, 0.3) is 0 Å². The Morgan fingerprint density at radius 3 is 2.16 bits per heavy atom. The molecule has 1 aromatic heterocycles. The van der Waals surface area contributed by atoms with Crippen LogP contribution in [0.2, 0.25) is 0 Å². The van der Waals surface area contributed by atoms with Crippen molar-refractivity contribution in [1.82, 2.24) is 4.98 Å². The maximum atomic E-state index is 5.81. The van der Waals surface area contributed by atoms with E-state index in [1.54, 1.807) is 0 Å². The zero-order valence-corrected chi connectivity index (χ0v) is 12.9. The molecule has 0 atom stereocenters. The maximum Gasteiger partial charge on any atom is 0.0772 e. The molecule has 0 radical (unpaired) electrons. The lowest BCUT2D eigenvalue weighted by Gasteiger charge is -2.28. The van der Waals surface area contributed by atoms with Crippen molar-refractivity contribution in [3.8, 4) is 0 Å². The van der Waals surface area contributed by atoms with Gasteiger partial charge in [-0.15, -0.1) is 0 Å². The molecule has 108 valence electrons. The van der Waals surface area contributed by atoms with Crippen LogP contribution >= 0.6 is 0 Å². The molecule has 0 aromatic carbocycles. The fraction of sp³-hybridized carbons (Fsp3) is 0.688. The lowest BCUT2D eigenvalue weighted by atomic mass is 10.1. The molecule has 3 heteroatoms. The van der Waals surface area contributed by atoms with Gasteiger partial charge in [0, 0.05) is 25.8 Å². The predicted molar refractivity (Wildman–Crippen MR) is 83.3 cm³/mol. The number of nitrogens with zero attached hydrogens (tertiary/aromatic N) is 2. The van der Waals surface area contributed by atoms with Gasteiger partial charge in [0.1, 0.15) is 0 Å². The maximum absolute atomic E-state index is 5.81. The summed E-state index contributed by atoms with van der Waals surface area (Å²) in [7, 11) is 0. The number of anilines is 1. The Morgan fingerprint density at radius 1 is 1.11 bits per heavy atom. The summed E-state index contributed by atoms with van der Waals surface area (Å²) < 4.78 is 0. The van der Waals surface area contributed by atoms with E-state index in [0.717, 1.165) is 30.6 Å². The van der Waals surface area contributed by atoms with Gasteiger partial charge in [0.05, 0.1) is 11.4 Å². The first-order valence-electron chi connectivity index (χ1n) is 7.43. The third-order valence-electron chi connectivity index (χ3n) is 3.35. The number of aromatic nitrogens is 1. The van der Waals surface area contributed by atoms with E-state index >= 15 is 0 Å². The Hall–Kier alpha value is -1.09. The van der Waals surface area contributed by atoms with E-state index in [0.29, 0.717) is 6.54 Å². The standard InChI is InChI=1S/C16H29N3/c1-13(2)7-10-19(11-8-14(3)4)16-6-5-9-18-15(16)12-17/h5-6,9,13-14H,7-8,10-12,17H2,1-4H3. The van der Waals surface area contributed by atoms with Crippen LogP contribution in [0.4, 0.5) is 5.69 Å². The lowest BCUT2D eigenvalue weighted by molar-refractivity contribution is 0.534. The van der Waals surface area contributed by atoms with E-state index in [2.05, 4.69) is 43.6 Å². The molecule has 0 bridgehead atoms. The minimum atomic E-state index is 0.510. The van der Waals surface area contributed by atoms with Crippen molar-refractivity contribution in [2.24, 2.45) is 17.6 Å². The van der Waals surface area contributed by atoms with Gasteiger partial charge in [-0.1, -0.05) is 27.7 Å². The molecule has 0 amide bonds. The van der Waals surface area contributed by atoms with Crippen LogP contribution in [0.3, 0.4) is 0 Å². The average Bonchev–Trinajstić information content (AvgIpc) is 2.38. The van der Waals surface area contributed by atoms with E-state index < -0.39 is 0 Å². The first kappa shape index (κ1) is 16.0. The summed E-state index contributed by atoms with van der Waals surface area (Å²) >= 11 is 0. The Labute approximate surface area is 118 Å². The fourth-order valence-corrected chi connectivity index (χ4v) is 2.06. The normalized spacial score (nSPS) is 11.3. The molecule has 0 aliphatic rings. The highest BCUT2D eigenvalue weighted by molar-refractivity contribution is 5.50. The van der Waals surface area contributed by atoms with Gasteiger partial charge in [-0.3, -0.25) is 4.98 Å². The molecular formula is C16H29N3. The second-order valence-electron chi connectivity index (χ2n) is 6.03. The molecule has 1 rings (SSSR count). The van der Waals surface area contributed by atoms with Crippen LogP contribution in [0.1, 0.15) is 46.2 Å². The SMILES string of the molecule is CC(C)CCN(CCC(C)C)c1cccnc1CN. The highest BCUT2D eigenvalue weighted by Crippen LogP contribution is 2.20. The summed E-state index contributed by atoms with van der Waals surface area (Å²) in [5, 5.41) is 0. The van der Waals surface area contributed by atoms with Crippen LogP contribution in [0.15, 0.2) is 18.3 Å². The highest BCUT2D eigenvalue weighted by Gasteiger charge is 2.12. The fourth-order valence-electron chi connectivity index (χ4n) is 2.06. The van der Waals surface area contributed by atoms with Gasteiger partial charge < -0.3 is 10.6 Å². The highest BCUT2D eigenvalue weighted by atomic mass is 15.1.